The van der Waals surface area contributed by atoms with Gasteiger partial charge in [0.2, 0.25) is 0 Å². The van der Waals surface area contributed by atoms with Crippen LogP contribution >= 0.6 is 27.3 Å². The van der Waals surface area contributed by atoms with Crippen LogP contribution in [-0.4, -0.2) is 44.7 Å². The number of carbonyl (C=O) groups excluding carboxylic acids is 1. The van der Waals surface area contributed by atoms with Gasteiger partial charge in [-0.25, -0.2) is 8.78 Å². The van der Waals surface area contributed by atoms with Crippen molar-refractivity contribution in [1.29, 1.82) is 0 Å². The standard InChI is InChI=1S/C12H13BrF2N2O2S/c1-19-4-6-3-17-5-12(14,15)2-7-8(17)9(11(18)16-6)20-10(7)13/h6H,2-5H2,1H3,(H,16,18)/t6-/m1/s1. The van der Waals surface area contributed by atoms with E-state index in [0.29, 0.717) is 33.1 Å². The van der Waals surface area contributed by atoms with Crippen molar-refractivity contribution in [3.05, 3.63) is 14.2 Å². The first-order chi connectivity index (χ1) is 9.41. The molecule has 110 valence electrons. The summed E-state index contributed by atoms with van der Waals surface area (Å²) in [6.45, 7) is 0.281. The van der Waals surface area contributed by atoms with Gasteiger partial charge in [-0.05, 0) is 15.9 Å². The molecule has 4 nitrogen and oxygen atoms in total. The Bertz CT molecular complexity index is 564. The molecule has 1 amide bonds. The zero-order valence-electron chi connectivity index (χ0n) is 10.7. The highest BCUT2D eigenvalue weighted by Gasteiger charge is 2.44. The number of carbonyl (C=O) groups is 1. The van der Waals surface area contributed by atoms with E-state index in [1.165, 1.54) is 18.4 Å². The Morgan fingerprint density at radius 2 is 2.35 bits per heavy atom. The van der Waals surface area contributed by atoms with Crippen LogP contribution in [0.25, 0.3) is 0 Å². The lowest BCUT2D eigenvalue weighted by molar-refractivity contribution is 0.00478. The van der Waals surface area contributed by atoms with Gasteiger partial charge in [-0.2, -0.15) is 0 Å². The van der Waals surface area contributed by atoms with E-state index in [1.807, 2.05) is 0 Å². The first kappa shape index (κ1) is 14.2. The summed E-state index contributed by atoms with van der Waals surface area (Å²) in [5, 5.41) is 2.84. The summed E-state index contributed by atoms with van der Waals surface area (Å²) in [5.41, 5.74) is 1.19. The summed E-state index contributed by atoms with van der Waals surface area (Å²) in [5.74, 6) is -2.99. The van der Waals surface area contributed by atoms with Crippen LogP contribution in [0.1, 0.15) is 15.2 Å². The van der Waals surface area contributed by atoms with Crippen molar-refractivity contribution in [2.24, 2.45) is 0 Å². The number of nitrogens with zero attached hydrogens (tertiary/aromatic N) is 1. The van der Waals surface area contributed by atoms with Crippen LogP contribution < -0.4 is 10.2 Å². The number of hydrogen-bond acceptors (Lipinski definition) is 4. The molecule has 20 heavy (non-hydrogen) atoms. The number of amides is 1. The minimum absolute atomic E-state index is 0.216. The van der Waals surface area contributed by atoms with Crippen molar-refractivity contribution >= 4 is 38.9 Å². The SMILES string of the molecule is COC[C@H]1CN2CC(F)(F)Cc3c(Br)sc(c32)C(=O)N1. The molecule has 2 aliphatic heterocycles. The fourth-order valence-corrected chi connectivity index (χ4v) is 4.54. The third-order valence-electron chi connectivity index (χ3n) is 3.45. The number of halogens is 3. The lowest BCUT2D eigenvalue weighted by Crippen LogP contribution is -2.49. The number of alkyl halides is 2. The van der Waals surface area contributed by atoms with E-state index >= 15 is 0 Å². The molecule has 0 aromatic carbocycles. The van der Waals surface area contributed by atoms with Gasteiger partial charge in [0.25, 0.3) is 11.8 Å². The Morgan fingerprint density at radius 1 is 1.60 bits per heavy atom. The van der Waals surface area contributed by atoms with Crippen molar-refractivity contribution in [2.45, 2.75) is 18.4 Å². The quantitative estimate of drug-likeness (QED) is 0.872. The third-order valence-corrected chi connectivity index (χ3v) is 5.43. The molecule has 8 heteroatoms. The second-order valence-corrected chi connectivity index (χ2v) is 7.41. The van der Waals surface area contributed by atoms with E-state index in [0.717, 1.165) is 0 Å². The number of hydrogen-bond donors (Lipinski definition) is 1. The molecule has 1 N–H and O–H groups in total. The highest BCUT2D eigenvalue weighted by molar-refractivity contribution is 9.11. The molecule has 0 saturated carbocycles. The van der Waals surface area contributed by atoms with E-state index in [2.05, 4.69) is 21.2 Å². The van der Waals surface area contributed by atoms with Crippen LogP contribution in [0.15, 0.2) is 3.79 Å². The zero-order chi connectivity index (χ0) is 14.5. The topological polar surface area (TPSA) is 41.6 Å². The van der Waals surface area contributed by atoms with Crippen LogP contribution in [0.3, 0.4) is 0 Å². The van der Waals surface area contributed by atoms with E-state index in [1.54, 1.807) is 4.90 Å². The van der Waals surface area contributed by atoms with Crippen molar-refractivity contribution < 1.29 is 18.3 Å². The summed E-state index contributed by atoms with van der Waals surface area (Å²) < 4.78 is 33.4. The second-order valence-electron chi connectivity index (χ2n) is 5.07. The van der Waals surface area contributed by atoms with Crippen LogP contribution in [0.5, 0.6) is 0 Å². The predicted molar refractivity (Wildman–Crippen MR) is 76.0 cm³/mol. The van der Waals surface area contributed by atoms with Gasteiger partial charge >= 0.3 is 0 Å². The average molecular weight is 367 g/mol. The molecule has 0 bridgehead atoms. The normalized spacial score (nSPS) is 24.1. The molecule has 1 aromatic heterocycles. The summed E-state index contributed by atoms with van der Waals surface area (Å²) in [6.07, 6.45) is -0.321. The van der Waals surface area contributed by atoms with E-state index in [4.69, 9.17) is 4.74 Å². The third kappa shape index (κ3) is 2.33. The maximum atomic E-state index is 13.9. The van der Waals surface area contributed by atoms with Gasteiger partial charge in [-0.3, -0.25) is 4.79 Å². The van der Waals surface area contributed by atoms with E-state index < -0.39 is 5.92 Å². The highest BCUT2D eigenvalue weighted by Crippen LogP contribution is 2.46. The van der Waals surface area contributed by atoms with Gasteiger partial charge in [-0.15, -0.1) is 11.3 Å². The first-order valence-electron chi connectivity index (χ1n) is 6.15. The van der Waals surface area contributed by atoms with Crippen LogP contribution in [0.4, 0.5) is 14.5 Å². The van der Waals surface area contributed by atoms with Crippen LogP contribution in [0.2, 0.25) is 0 Å². The minimum Gasteiger partial charge on any atom is -0.382 e. The number of rotatable bonds is 2. The van der Waals surface area contributed by atoms with Crippen molar-refractivity contribution in [2.75, 3.05) is 31.7 Å². The maximum Gasteiger partial charge on any atom is 0.269 e. The molecule has 0 spiro atoms. The molecule has 0 saturated heterocycles. The molecule has 2 aliphatic rings. The smallest absolute Gasteiger partial charge is 0.269 e. The van der Waals surface area contributed by atoms with Gasteiger partial charge in [0.05, 0.1) is 28.7 Å². The fourth-order valence-electron chi connectivity index (χ4n) is 2.76. The molecular weight excluding hydrogens is 354 g/mol. The summed E-state index contributed by atoms with van der Waals surface area (Å²) >= 11 is 4.52. The van der Waals surface area contributed by atoms with E-state index in [9.17, 15) is 13.6 Å². The van der Waals surface area contributed by atoms with Gasteiger partial charge in [0.1, 0.15) is 4.88 Å². The number of nitrogens with one attached hydrogen (secondary N) is 1. The minimum atomic E-state index is -2.78. The number of ether oxygens (including phenoxy) is 1. The molecule has 1 aromatic rings. The zero-order valence-corrected chi connectivity index (χ0v) is 13.1. The average Bonchev–Trinajstić information content (AvgIpc) is 2.59. The number of anilines is 1. The Morgan fingerprint density at radius 3 is 3.05 bits per heavy atom. The monoisotopic (exact) mass is 366 g/mol. The summed E-state index contributed by atoms with van der Waals surface area (Å²) in [4.78, 5) is 14.3. The Kier molecular flexibility index (Phi) is 3.50. The Labute approximate surface area is 127 Å². The first-order valence-corrected chi connectivity index (χ1v) is 7.76. The lowest BCUT2D eigenvalue weighted by atomic mass is 10.0. The predicted octanol–water partition coefficient (Wildman–Crippen LogP) is 2.27. The largest absolute Gasteiger partial charge is 0.382 e. The molecule has 1 atom stereocenters. The summed E-state index contributed by atoms with van der Waals surface area (Å²) in [7, 11) is 1.53. The molecule has 0 fully saturated rings. The van der Waals surface area contributed by atoms with Crippen molar-refractivity contribution in [1.82, 2.24) is 5.32 Å². The van der Waals surface area contributed by atoms with Crippen LogP contribution in [0, 0.1) is 0 Å². The van der Waals surface area contributed by atoms with Gasteiger partial charge in [-0.1, -0.05) is 0 Å². The van der Waals surface area contributed by atoms with Gasteiger partial charge < -0.3 is 15.0 Å². The van der Waals surface area contributed by atoms with Crippen molar-refractivity contribution in [3.63, 3.8) is 0 Å². The lowest BCUT2D eigenvalue weighted by Gasteiger charge is -2.35. The molecule has 3 rings (SSSR count). The van der Waals surface area contributed by atoms with Crippen LogP contribution in [-0.2, 0) is 11.2 Å². The molecule has 0 radical (unpaired) electrons. The summed E-state index contributed by atoms with van der Waals surface area (Å²) in [6, 6.07) is -0.285. The van der Waals surface area contributed by atoms with Crippen molar-refractivity contribution in [3.8, 4) is 0 Å². The van der Waals surface area contributed by atoms with Gasteiger partial charge in [0.15, 0.2) is 0 Å². The molecule has 3 heterocycles. The Hall–Kier alpha value is -0.730. The van der Waals surface area contributed by atoms with E-state index in [-0.39, 0.29) is 24.9 Å². The maximum absolute atomic E-state index is 13.9. The molecule has 0 aliphatic carbocycles. The number of methoxy groups -OCH3 is 1. The highest BCUT2D eigenvalue weighted by atomic mass is 79.9. The molecular formula is C12H13BrF2N2O2S. The second kappa shape index (κ2) is 4.92. The Balaban J connectivity index is 2.06. The fraction of sp³-hybridized carbons (Fsp3) is 0.583. The molecule has 0 unspecified atom stereocenters. The van der Waals surface area contributed by atoms with Gasteiger partial charge in [0, 0.05) is 25.6 Å². The number of thiophene rings is 1.